The molecule has 0 unspecified atom stereocenters. The zero-order valence-corrected chi connectivity index (χ0v) is 25.6. The van der Waals surface area contributed by atoms with Crippen LogP contribution in [0.2, 0.25) is 0 Å². The van der Waals surface area contributed by atoms with E-state index in [1.807, 2.05) is 60.7 Å². The van der Waals surface area contributed by atoms with Gasteiger partial charge >= 0.3 is 0 Å². The van der Waals surface area contributed by atoms with Crippen molar-refractivity contribution in [2.24, 2.45) is 0 Å². The zero-order valence-electron chi connectivity index (χ0n) is 24.8. The number of carbonyl (C=O) groups excluding carboxylic acids is 1. The minimum atomic E-state index is -3.90. The highest BCUT2D eigenvalue weighted by molar-refractivity contribution is 7.89. The lowest BCUT2D eigenvalue weighted by atomic mass is 9.97. The van der Waals surface area contributed by atoms with Crippen molar-refractivity contribution >= 4 is 15.9 Å². The Hall–Kier alpha value is -3.98. The second-order valence-electron chi connectivity index (χ2n) is 11.3. The van der Waals surface area contributed by atoms with Gasteiger partial charge in [0.05, 0.1) is 23.5 Å². The Balaban J connectivity index is 1.25. The summed E-state index contributed by atoms with van der Waals surface area (Å²) in [6.07, 6.45) is 5.37. The first-order valence-electron chi connectivity index (χ1n) is 15.3. The van der Waals surface area contributed by atoms with Gasteiger partial charge in [-0.05, 0) is 78.6 Å². The second kappa shape index (κ2) is 15.1. The van der Waals surface area contributed by atoms with Gasteiger partial charge in [-0.2, -0.15) is 0 Å². The number of nitrogens with one attached hydrogen (secondary N) is 2. The van der Waals surface area contributed by atoms with Gasteiger partial charge in [0.25, 0.3) is 5.91 Å². The summed E-state index contributed by atoms with van der Waals surface area (Å²) in [6.45, 7) is 1.22. The maximum Gasteiger partial charge on any atom is 0.268 e. The van der Waals surface area contributed by atoms with Gasteiger partial charge in [-0.3, -0.25) is 4.79 Å². The number of sulfonamides is 1. The smallest absolute Gasteiger partial charge is 0.268 e. The molecule has 1 atom stereocenters. The molecule has 0 heterocycles. The molecule has 0 saturated heterocycles. The third-order valence-corrected chi connectivity index (χ3v) is 9.13. The van der Waals surface area contributed by atoms with Crippen molar-refractivity contribution in [3.63, 3.8) is 0 Å². The van der Waals surface area contributed by atoms with Crippen LogP contribution in [0.25, 0.3) is 11.1 Å². The number of benzene rings is 4. The van der Waals surface area contributed by atoms with E-state index in [9.17, 15) is 18.3 Å². The van der Waals surface area contributed by atoms with Crippen LogP contribution in [0, 0.1) is 0 Å². The standard InChI is InChI=1S/C36H40N2O5S/c39-34(30-12-6-2-7-13-30)25-37-23-22-27-16-18-29(19-17-27)31-20-21-33(35(24-31)43-32-14-8-3-9-15-32)36(40)38-44(41,42)26-28-10-4-1-5-11-28/h1-2,4-7,10-13,16-21,24,32,34,37,39H,3,8-9,14-15,22-23,25-26H2,(H,38,40)/t34-/m0/s1. The van der Waals surface area contributed by atoms with Crippen LogP contribution in [-0.2, 0) is 22.2 Å². The average Bonchev–Trinajstić information content (AvgIpc) is 3.04. The predicted octanol–water partition coefficient (Wildman–Crippen LogP) is 6.19. The molecule has 8 heteroatoms. The third-order valence-electron chi connectivity index (χ3n) is 7.92. The molecule has 4 aromatic rings. The normalized spacial score (nSPS) is 14.6. The number of rotatable bonds is 13. The van der Waals surface area contributed by atoms with Crippen LogP contribution in [0.5, 0.6) is 5.75 Å². The Morgan fingerprint density at radius 3 is 2.18 bits per heavy atom. The molecule has 1 saturated carbocycles. The highest BCUT2D eigenvalue weighted by Gasteiger charge is 2.23. The van der Waals surface area contributed by atoms with Crippen LogP contribution < -0.4 is 14.8 Å². The number of amides is 1. The molecule has 1 fully saturated rings. The van der Waals surface area contributed by atoms with Crippen molar-refractivity contribution in [2.45, 2.75) is 56.5 Å². The minimum absolute atomic E-state index is 0.0123. The molecule has 0 radical (unpaired) electrons. The number of aliphatic hydroxyl groups is 1. The molecule has 44 heavy (non-hydrogen) atoms. The average molecular weight is 613 g/mol. The van der Waals surface area contributed by atoms with E-state index in [1.165, 1.54) is 6.42 Å². The van der Waals surface area contributed by atoms with E-state index in [0.29, 0.717) is 17.9 Å². The molecule has 7 nitrogen and oxygen atoms in total. The van der Waals surface area contributed by atoms with Crippen LogP contribution in [-0.4, -0.2) is 38.6 Å². The van der Waals surface area contributed by atoms with Crippen LogP contribution in [0.4, 0.5) is 0 Å². The number of carbonyl (C=O) groups is 1. The van der Waals surface area contributed by atoms with Crippen LogP contribution in [0.1, 0.15) is 65.3 Å². The van der Waals surface area contributed by atoms with Crippen molar-refractivity contribution in [3.8, 4) is 16.9 Å². The number of hydrogen-bond acceptors (Lipinski definition) is 6. The molecule has 1 amide bonds. The fourth-order valence-corrected chi connectivity index (χ4v) is 6.60. The summed E-state index contributed by atoms with van der Waals surface area (Å²) in [7, 11) is -3.90. The molecule has 3 N–H and O–H groups in total. The monoisotopic (exact) mass is 612 g/mol. The summed E-state index contributed by atoms with van der Waals surface area (Å²) in [4.78, 5) is 13.3. The highest BCUT2D eigenvalue weighted by Crippen LogP contribution is 2.31. The minimum Gasteiger partial charge on any atom is -0.490 e. The summed E-state index contributed by atoms with van der Waals surface area (Å²) < 4.78 is 34.2. The van der Waals surface area contributed by atoms with E-state index in [1.54, 1.807) is 30.3 Å². The first-order chi connectivity index (χ1) is 21.4. The molecular weight excluding hydrogens is 572 g/mol. The van der Waals surface area contributed by atoms with Crippen LogP contribution in [0.15, 0.2) is 103 Å². The summed E-state index contributed by atoms with van der Waals surface area (Å²) in [5, 5.41) is 13.7. The fourth-order valence-electron chi connectivity index (χ4n) is 5.50. The number of aliphatic hydroxyl groups excluding tert-OH is 1. The largest absolute Gasteiger partial charge is 0.490 e. The molecule has 1 aliphatic rings. The number of hydrogen-bond donors (Lipinski definition) is 3. The van der Waals surface area contributed by atoms with E-state index in [-0.39, 0.29) is 17.4 Å². The summed E-state index contributed by atoms with van der Waals surface area (Å²) >= 11 is 0. The Labute approximate surface area is 260 Å². The predicted molar refractivity (Wildman–Crippen MR) is 174 cm³/mol. The summed E-state index contributed by atoms with van der Waals surface area (Å²) in [5.74, 6) is -0.586. The lowest BCUT2D eigenvalue weighted by molar-refractivity contribution is 0.0969. The highest BCUT2D eigenvalue weighted by atomic mass is 32.2. The van der Waals surface area contributed by atoms with Crippen molar-refractivity contribution in [1.82, 2.24) is 10.0 Å². The van der Waals surface area contributed by atoms with Gasteiger partial charge in [0.15, 0.2) is 0 Å². The SMILES string of the molecule is O=C(NS(=O)(=O)Cc1ccccc1)c1ccc(-c2ccc(CCNC[C@H](O)c3ccccc3)cc2)cc1OC1CCCCC1. The van der Waals surface area contributed by atoms with Gasteiger partial charge in [-0.15, -0.1) is 0 Å². The van der Waals surface area contributed by atoms with Crippen molar-refractivity contribution in [2.75, 3.05) is 13.1 Å². The lowest BCUT2D eigenvalue weighted by Crippen LogP contribution is -2.32. The van der Waals surface area contributed by atoms with Gasteiger partial charge in [0.2, 0.25) is 10.0 Å². The van der Waals surface area contributed by atoms with E-state index < -0.39 is 22.0 Å². The molecule has 5 rings (SSSR count). The Bertz CT molecular complexity index is 1600. The van der Waals surface area contributed by atoms with Crippen molar-refractivity contribution in [3.05, 3.63) is 125 Å². The first-order valence-corrected chi connectivity index (χ1v) is 16.9. The van der Waals surface area contributed by atoms with E-state index in [4.69, 9.17) is 4.74 Å². The van der Waals surface area contributed by atoms with E-state index >= 15 is 0 Å². The van der Waals surface area contributed by atoms with Gasteiger partial charge < -0.3 is 15.2 Å². The quantitative estimate of drug-likeness (QED) is 0.156. The van der Waals surface area contributed by atoms with Crippen LogP contribution >= 0.6 is 0 Å². The van der Waals surface area contributed by atoms with Gasteiger partial charge in [0.1, 0.15) is 5.75 Å². The maximum atomic E-state index is 13.3. The summed E-state index contributed by atoms with van der Waals surface area (Å²) in [6, 6.07) is 31.9. The van der Waals surface area contributed by atoms with Gasteiger partial charge in [-0.25, -0.2) is 13.1 Å². The molecule has 230 valence electrons. The molecule has 0 aromatic heterocycles. The third kappa shape index (κ3) is 9.02. The van der Waals surface area contributed by atoms with E-state index in [2.05, 4.69) is 22.2 Å². The molecular formula is C36H40N2O5S. The van der Waals surface area contributed by atoms with Crippen molar-refractivity contribution in [1.29, 1.82) is 0 Å². The molecule has 0 bridgehead atoms. The first kappa shape index (κ1) is 31.4. The Kier molecular flexibility index (Phi) is 10.8. The fraction of sp³-hybridized carbons (Fsp3) is 0.306. The topological polar surface area (TPSA) is 105 Å². The van der Waals surface area contributed by atoms with Crippen LogP contribution in [0.3, 0.4) is 0 Å². The molecule has 4 aromatic carbocycles. The molecule has 0 spiro atoms. The Morgan fingerprint density at radius 1 is 0.818 bits per heavy atom. The van der Waals surface area contributed by atoms with E-state index in [0.717, 1.165) is 60.9 Å². The lowest BCUT2D eigenvalue weighted by Gasteiger charge is -2.24. The van der Waals surface area contributed by atoms with Gasteiger partial charge in [-0.1, -0.05) is 97.4 Å². The van der Waals surface area contributed by atoms with Crippen molar-refractivity contribution < 1.29 is 23.1 Å². The zero-order chi connectivity index (χ0) is 30.8. The maximum absolute atomic E-state index is 13.3. The molecule has 0 aliphatic heterocycles. The Morgan fingerprint density at radius 2 is 1.48 bits per heavy atom. The molecule has 1 aliphatic carbocycles. The number of ether oxygens (including phenoxy) is 1. The summed E-state index contributed by atoms with van der Waals surface area (Å²) in [5.41, 5.74) is 4.72. The van der Waals surface area contributed by atoms with Gasteiger partial charge in [0, 0.05) is 6.54 Å². The second-order valence-corrected chi connectivity index (χ2v) is 13.1.